The van der Waals surface area contributed by atoms with Gasteiger partial charge in [-0.25, -0.2) is 0 Å². The molecule has 0 aromatic heterocycles. The van der Waals surface area contributed by atoms with Crippen LogP contribution in [-0.4, -0.2) is 22.6 Å². The second kappa shape index (κ2) is 3.52. The zero-order chi connectivity index (χ0) is 14.8. The number of nitrogens with two attached hydrogens (primary N) is 1. The van der Waals surface area contributed by atoms with Crippen LogP contribution in [-0.2, 0) is 9.59 Å². The molecule has 0 unspecified atom stereocenters. The number of hydrogen-bond donors (Lipinski definition) is 4. The van der Waals surface area contributed by atoms with Gasteiger partial charge in [0.05, 0.1) is 5.57 Å². The lowest BCUT2D eigenvalue weighted by atomic mass is 9.54. The summed E-state index contributed by atoms with van der Waals surface area (Å²) >= 11 is 0. The quantitative estimate of drug-likeness (QED) is 0.430. The maximum absolute atomic E-state index is 12.5. The summed E-state index contributed by atoms with van der Waals surface area (Å²) in [6.45, 7) is 1.68. The van der Waals surface area contributed by atoms with Crippen LogP contribution in [0, 0.1) is 22.2 Å². The molecule has 1 saturated carbocycles. The minimum atomic E-state index is -1.72. The summed E-state index contributed by atoms with van der Waals surface area (Å²) in [4.78, 5) is 25.0. The molecule has 1 saturated heterocycles. The number of rotatable bonds is 0. The number of carbonyl (C=O) groups excluding carboxylic acids is 2. The van der Waals surface area contributed by atoms with Gasteiger partial charge in [0.2, 0.25) is 11.8 Å². The molecular weight excluding hydrogens is 260 g/mol. The fourth-order valence-electron chi connectivity index (χ4n) is 4.05. The highest BCUT2D eigenvalue weighted by Crippen LogP contribution is 2.62. The molecule has 20 heavy (non-hydrogen) atoms. The van der Waals surface area contributed by atoms with Crippen LogP contribution in [0.15, 0.2) is 11.4 Å². The van der Waals surface area contributed by atoms with Crippen molar-refractivity contribution in [1.82, 2.24) is 10.6 Å². The van der Waals surface area contributed by atoms with Gasteiger partial charge < -0.3 is 21.5 Å². The second-order valence-electron chi connectivity index (χ2n) is 5.96. The van der Waals surface area contributed by atoms with E-state index in [1.807, 2.05) is 6.07 Å². The first-order valence-corrected chi connectivity index (χ1v) is 6.60. The molecule has 3 rings (SSSR count). The van der Waals surface area contributed by atoms with E-state index in [1.165, 1.54) is 0 Å². The van der Waals surface area contributed by atoms with Crippen LogP contribution >= 0.6 is 0 Å². The van der Waals surface area contributed by atoms with E-state index in [1.54, 1.807) is 6.92 Å². The van der Waals surface area contributed by atoms with Crippen molar-refractivity contribution in [2.45, 2.75) is 38.3 Å². The number of nitrogens with one attached hydrogen (secondary N) is 2. The Morgan fingerprint density at radius 1 is 1.30 bits per heavy atom. The Hall–Kier alpha value is -2.07. The molecule has 3 atom stereocenters. The summed E-state index contributed by atoms with van der Waals surface area (Å²) in [7, 11) is 0. The zero-order valence-corrected chi connectivity index (χ0v) is 11.1. The molecule has 5 N–H and O–H groups in total. The van der Waals surface area contributed by atoms with Gasteiger partial charge in [0.1, 0.15) is 17.6 Å². The number of nitriles is 1. The van der Waals surface area contributed by atoms with Gasteiger partial charge in [0.25, 0.3) is 0 Å². The van der Waals surface area contributed by atoms with Crippen molar-refractivity contribution >= 4 is 11.8 Å². The number of amides is 2. The molecule has 0 aromatic carbocycles. The van der Waals surface area contributed by atoms with Crippen molar-refractivity contribution in [3.63, 3.8) is 0 Å². The number of carbonyl (C=O) groups is 2. The van der Waals surface area contributed by atoms with Gasteiger partial charge in [0.15, 0.2) is 5.41 Å². The van der Waals surface area contributed by atoms with Gasteiger partial charge in [0, 0.05) is 5.41 Å². The lowest BCUT2D eigenvalue weighted by Crippen LogP contribution is -2.58. The van der Waals surface area contributed by atoms with Crippen LogP contribution in [0.3, 0.4) is 0 Å². The van der Waals surface area contributed by atoms with E-state index >= 15 is 0 Å². The lowest BCUT2D eigenvalue weighted by Gasteiger charge is -2.47. The summed E-state index contributed by atoms with van der Waals surface area (Å²) in [5.74, 6) is -1.35. The molecule has 2 amide bonds. The minimum Gasteiger partial charge on any atom is -0.384 e. The summed E-state index contributed by atoms with van der Waals surface area (Å²) < 4.78 is 0. The number of hydrogen-bond acceptors (Lipinski definition) is 5. The molecule has 2 aliphatic heterocycles. The number of fused-ring (bicyclic) bond motifs is 2. The molecule has 0 bridgehead atoms. The fraction of sp³-hybridized carbons (Fsp3) is 0.615. The highest BCUT2D eigenvalue weighted by Gasteiger charge is 2.77. The molecule has 7 heteroatoms. The standard InChI is InChI=1S/C13H16N4O3/c1-11-4-2-3-5-12(11,20)17-10(19)13(11)7(6-14)8(15)16-9(13)18/h20H,2-5,15H2,1H3,(H,16,18)(H,17,19)/t11-,12-,13-/m0/s1. The number of aliphatic hydroxyl groups is 1. The first kappa shape index (κ1) is 12.9. The molecule has 3 aliphatic rings. The Balaban J connectivity index is 2.30. The van der Waals surface area contributed by atoms with Gasteiger partial charge in [-0.1, -0.05) is 13.3 Å². The van der Waals surface area contributed by atoms with E-state index in [0.717, 1.165) is 12.8 Å². The van der Waals surface area contributed by atoms with E-state index < -0.39 is 28.4 Å². The Morgan fingerprint density at radius 3 is 2.60 bits per heavy atom. The second-order valence-corrected chi connectivity index (χ2v) is 5.96. The molecule has 1 spiro atoms. The molecule has 0 aromatic rings. The summed E-state index contributed by atoms with van der Waals surface area (Å²) in [5.41, 5.74) is 1.32. The van der Waals surface area contributed by atoms with Crippen LogP contribution in [0.1, 0.15) is 32.6 Å². The van der Waals surface area contributed by atoms with E-state index in [9.17, 15) is 20.0 Å². The SMILES string of the molecule is C[C@]12CCCC[C@@]1(O)NC(=O)[C@]21C(=O)NC(N)=C1C#N. The van der Waals surface area contributed by atoms with E-state index in [-0.39, 0.29) is 11.4 Å². The summed E-state index contributed by atoms with van der Waals surface area (Å²) in [5, 5.41) is 25.1. The van der Waals surface area contributed by atoms with Gasteiger partial charge >= 0.3 is 0 Å². The molecule has 1 aliphatic carbocycles. The van der Waals surface area contributed by atoms with Crippen LogP contribution in [0.25, 0.3) is 0 Å². The van der Waals surface area contributed by atoms with E-state index in [0.29, 0.717) is 12.8 Å². The molecule has 2 fully saturated rings. The van der Waals surface area contributed by atoms with Crippen molar-refractivity contribution in [3.8, 4) is 6.07 Å². The third-order valence-corrected chi connectivity index (χ3v) is 5.21. The maximum Gasteiger partial charge on any atom is 0.247 e. The molecule has 2 heterocycles. The largest absolute Gasteiger partial charge is 0.384 e. The third-order valence-electron chi connectivity index (χ3n) is 5.21. The summed E-state index contributed by atoms with van der Waals surface area (Å²) in [6.07, 6.45) is 2.36. The Labute approximate surface area is 115 Å². The molecule has 106 valence electrons. The first-order chi connectivity index (χ1) is 9.33. The molecular formula is C13H16N4O3. The summed E-state index contributed by atoms with van der Waals surface area (Å²) in [6, 6.07) is 1.88. The predicted molar refractivity (Wildman–Crippen MR) is 67.1 cm³/mol. The van der Waals surface area contributed by atoms with Crippen molar-refractivity contribution in [2.24, 2.45) is 16.6 Å². The Kier molecular flexibility index (Phi) is 2.28. The van der Waals surface area contributed by atoms with Crippen LogP contribution in [0.4, 0.5) is 0 Å². The fourth-order valence-corrected chi connectivity index (χ4v) is 4.05. The van der Waals surface area contributed by atoms with Crippen LogP contribution in [0.2, 0.25) is 0 Å². The normalized spacial score (nSPS) is 43.2. The Bertz CT molecular complexity index is 607. The molecule has 7 nitrogen and oxygen atoms in total. The molecule has 0 radical (unpaired) electrons. The third kappa shape index (κ3) is 1.06. The topological polar surface area (TPSA) is 128 Å². The van der Waals surface area contributed by atoms with Crippen molar-refractivity contribution in [1.29, 1.82) is 5.26 Å². The smallest absolute Gasteiger partial charge is 0.247 e. The van der Waals surface area contributed by atoms with E-state index in [2.05, 4.69) is 10.6 Å². The highest BCUT2D eigenvalue weighted by molar-refractivity contribution is 6.14. The predicted octanol–water partition coefficient (Wildman–Crippen LogP) is -0.805. The maximum atomic E-state index is 12.5. The van der Waals surface area contributed by atoms with Gasteiger partial charge in [-0.3, -0.25) is 9.59 Å². The average Bonchev–Trinajstić information content (AvgIpc) is 2.73. The van der Waals surface area contributed by atoms with Gasteiger partial charge in [-0.2, -0.15) is 5.26 Å². The van der Waals surface area contributed by atoms with Crippen molar-refractivity contribution < 1.29 is 14.7 Å². The lowest BCUT2D eigenvalue weighted by molar-refractivity contribution is -0.153. The van der Waals surface area contributed by atoms with Gasteiger partial charge in [-0.05, 0) is 19.3 Å². The minimum absolute atomic E-state index is 0.0830. The van der Waals surface area contributed by atoms with Crippen LogP contribution in [0.5, 0.6) is 0 Å². The van der Waals surface area contributed by atoms with Gasteiger partial charge in [-0.15, -0.1) is 0 Å². The van der Waals surface area contributed by atoms with Crippen molar-refractivity contribution in [2.75, 3.05) is 0 Å². The first-order valence-electron chi connectivity index (χ1n) is 6.60. The highest BCUT2D eigenvalue weighted by atomic mass is 16.3. The average molecular weight is 276 g/mol. The monoisotopic (exact) mass is 276 g/mol. The zero-order valence-electron chi connectivity index (χ0n) is 11.1. The van der Waals surface area contributed by atoms with Crippen LogP contribution < -0.4 is 16.4 Å². The van der Waals surface area contributed by atoms with Crippen molar-refractivity contribution in [3.05, 3.63) is 11.4 Å². The number of nitrogens with zero attached hydrogens (tertiary/aromatic N) is 1. The Morgan fingerprint density at radius 2 is 1.95 bits per heavy atom. The van der Waals surface area contributed by atoms with E-state index in [4.69, 9.17) is 5.73 Å².